The molecule has 0 aromatic carbocycles. The summed E-state index contributed by atoms with van der Waals surface area (Å²) in [5.41, 5.74) is 0. The summed E-state index contributed by atoms with van der Waals surface area (Å²) in [6, 6.07) is 0.439. The Morgan fingerprint density at radius 3 is 2.91 bits per heavy atom. The van der Waals surface area contributed by atoms with E-state index in [4.69, 9.17) is 0 Å². The van der Waals surface area contributed by atoms with Crippen LogP contribution in [0.2, 0.25) is 0 Å². The molecule has 1 aromatic heterocycles. The van der Waals surface area contributed by atoms with Crippen molar-refractivity contribution in [2.45, 2.75) is 84.8 Å². The second-order valence-corrected chi connectivity index (χ2v) is 6.38. The first-order valence-corrected chi connectivity index (χ1v) is 9.20. The van der Waals surface area contributed by atoms with E-state index >= 15 is 0 Å². The number of nitrogens with zero attached hydrogens (tertiary/aromatic N) is 4. The molecule has 0 saturated heterocycles. The summed E-state index contributed by atoms with van der Waals surface area (Å²) < 4.78 is 2.21. The van der Waals surface area contributed by atoms with Gasteiger partial charge in [-0.1, -0.05) is 32.6 Å². The largest absolute Gasteiger partial charge is 0.357 e. The summed E-state index contributed by atoms with van der Waals surface area (Å²) >= 11 is 0. The molecule has 1 aromatic rings. The molecule has 1 unspecified atom stereocenters. The van der Waals surface area contributed by atoms with Gasteiger partial charge in [-0.05, 0) is 26.7 Å². The van der Waals surface area contributed by atoms with E-state index in [0.29, 0.717) is 12.6 Å². The normalized spacial score (nSPS) is 15.5. The Hall–Kier alpha value is -1.59. The van der Waals surface area contributed by atoms with Crippen LogP contribution in [-0.2, 0) is 19.5 Å². The van der Waals surface area contributed by atoms with Crippen molar-refractivity contribution >= 4 is 5.96 Å². The van der Waals surface area contributed by atoms with E-state index in [9.17, 15) is 0 Å². The number of rotatable bonds is 9. The maximum Gasteiger partial charge on any atom is 0.191 e. The molecule has 2 N–H and O–H groups in total. The molecule has 2 heterocycles. The number of hydrogen-bond acceptors (Lipinski definition) is 3. The van der Waals surface area contributed by atoms with Gasteiger partial charge in [-0.25, -0.2) is 4.99 Å². The van der Waals surface area contributed by atoms with E-state index in [0.717, 1.165) is 37.1 Å². The molecule has 6 heteroatoms. The summed E-state index contributed by atoms with van der Waals surface area (Å²) in [5, 5.41) is 15.3. The minimum atomic E-state index is 0.439. The van der Waals surface area contributed by atoms with Crippen LogP contribution < -0.4 is 10.6 Å². The van der Waals surface area contributed by atoms with Crippen LogP contribution in [0.3, 0.4) is 0 Å². The summed E-state index contributed by atoms with van der Waals surface area (Å²) in [4.78, 5) is 4.69. The average molecular weight is 320 g/mol. The van der Waals surface area contributed by atoms with Crippen LogP contribution in [0.15, 0.2) is 4.99 Å². The molecule has 0 amide bonds. The molecule has 1 aliphatic heterocycles. The molecule has 0 spiro atoms. The number of nitrogens with one attached hydrogen (secondary N) is 2. The third-order valence-corrected chi connectivity index (χ3v) is 4.28. The molecule has 0 radical (unpaired) electrons. The first-order chi connectivity index (χ1) is 11.2. The zero-order chi connectivity index (χ0) is 16.5. The summed E-state index contributed by atoms with van der Waals surface area (Å²) in [7, 11) is 0. The van der Waals surface area contributed by atoms with Crippen molar-refractivity contribution in [3.8, 4) is 0 Å². The highest BCUT2D eigenvalue weighted by atomic mass is 15.3. The number of fused-ring (bicyclic) bond motifs is 1. The van der Waals surface area contributed by atoms with Crippen molar-refractivity contribution in [1.29, 1.82) is 0 Å². The second-order valence-electron chi connectivity index (χ2n) is 6.38. The Balaban J connectivity index is 1.84. The number of hydrogen-bond donors (Lipinski definition) is 2. The lowest BCUT2D eigenvalue weighted by atomic mass is 10.1. The third kappa shape index (κ3) is 5.52. The van der Waals surface area contributed by atoms with Crippen LogP contribution in [0.5, 0.6) is 0 Å². The van der Waals surface area contributed by atoms with Gasteiger partial charge >= 0.3 is 0 Å². The van der Waals surface area contributed by atoms with E-state index in [-0.39, 0.29) is 0 Å². The van der Waals surface area contributed by atoms with Crippen molar-refractivity contribution < 1.29 is 0 Å². The molecule has 130 valence electrons. The molecule has 2 rings (SSSR count). The smallest absolute Gasteiger partial charge is 0.191 e. The Bertz CT molecular complexity index is 493. The fourth-order valence-corrected chi connectivity index (χ4v) is 2.98. The van der Waals surface area contributed by atoms with Crippen molar-refractivity contribution in [1.82, 2.24) is 25.4 Å². The number of unbranched alkanes of at least 4 members (excludes halogenated alkanes) is 3. The molecule has 0 fully saturated rings. The molecule has 1 aliphatic rings. The van der Waals surface area contributed by atoms with Gasteiger partial charge < -0.3 is 15.2 Å². The second kappa shape index (κ2) is 9.53. The van der Waals surface area contributed by atoms with Gasteiger partial charge in [0.05, 0.1) is 0 Å². The summed E-state index contributed by atoms with van der Waals surface area (Å²) in [6.45, 7) is 9.06. The van der Waals surface area contributed by atoms with Gasteiger partial charge in [0.1, 0.15) is 12.4 Å². The van der Waals surface area contributed by atoms with E-state index in [1.165, 1.54) is 38.5 Å². The highest BCUT2D eigenvalue weighted by Crippen LogP contribution is 2.14. The highest BCUT2D eigenvalue weighted by Gasteiger charge is 2.16. The molecule has 0 aliphatic carbocycles. The van der Waals surface area contributed by atoms with Gasteiger partial charge in [-0.15, -0.1) is 10.2 Å². The van der Waals surface area contributed by atoms with Crippen LogP contribution in [0.1, 0.15) is 70.9 Å². The fourth-order valence-electron chi connectivity index (χ4n) is 2.98. The van der Waals surface area contributed by atoms with Crippen LogP contribution >= 0.6 is 0 Å². The van der Waals surface area contributed by atoms with E-state index in [1.54, 1.807) is 0 Å². The molecule has 23 heavy (non-hydrogen) atoms. The Morgan fingerprint density at radius 2 is 2.13 bits per heavy atom. The van der Waals surface area contributed by atoms with Gasteiger partial charge in [0.2, 0.25) is 0 Å². The summed E-state index contributed by atoms with van der Waals surface area (Å²) in [6.07, 6.45) is 8.62. The van der Waals surface area contributed by atoms with E-state index < -0.39 is 0 Å². The summed E-state index contributed by atoms with van der Waals surface area (Å²) in [5.74, 6) is 2.97. The lowest BCUT2D eigenvalue weighted by Gasteiger charge is -2.17. The molecule has 1 atom stereocenters. The van der Waals surface area contributed by atoms with Crippen LogP contribution in [-0.4, -0.2) is 33.3 Å². The number of aliphatic imine (C=N–C) groups is 1. The Morgan fingerprint density at radius 1 is 1.26 bits per heavy atom. The SMILES string of the molecule is CCCCCCC(C)NC(=NCc1nnc2n1CCC2)NCC. The average Bonchev–Trinajstić information content (AvgIpc) is 3.13. The maximum absolute atomic E-state index is 4.69. The van der Waals surface area contributed by atoms with Gasteiger partial charge in [0.25, 0.3) is 0 Å². The van der Waals surface area contributed by atoms with Crippen LogP contribution in [0.25, 0.3) is 0 Å². The Labute approximate surface area is 140 Å². The highest BCUT2D eigenvalue weighted by molar-refractivity contribution is 5.79. The quantitative estimate of drug-likeness (QED) is 0.417. The lowest BCUT2D eigenvalue weighted by Crippen LogP contribution is -2.42. The standard InChI is InChI=1S/C17H32N6/c1-4-6-7-8-10-14(3)20-17(18-5-2)19-13-16-22-21-15-11-9-12-23(15)16/h14H,4-13H2,1-3H3,(H2,18,19,20). The van der Waals surface area contributed by atoms with Crippen molar-refractivity contribution in [3.05, 3.63) is 11.6 Å². The predicted molar refractivity (Wildman–Crippen MR) is 94.5 cm³/mol. The fraction of sp³-hybridized carbons (Fsp3) is 0.824. The van der Waals surface area contributed by atoms with Gasteiger partial charge in [-0.2, -0.15) is 0 Å². The lowest BCUT2D eigenvalue weighted by molar-refractivity contribution is 0.536. The van der Waals surface area contributed by atoms with Crippen molar-refractivity contribution in [3.63, 3.8) is 0 Å². The first kappa shape index (κ1) is 17.8. The third-order valence-electron chi connectivity index (χ3n) is 4.28. The Kier molecular flexibility index (Phi) is 7.36. The zero-order valence-electron chi connectivity index (χ0n) is 14.9. The monoisotopic (exact) mass is 320 g/mol. The van der Waals surface area contributed by atoms with Crippen molar-refractivity contribution in [2.75, 3.05) is 6.54 Å². The van der Waals surface area contributed by atoms with Crippen LogP contribution in [0.4, 0.5) is 0 Å². The van der Waals surface area contributed by atoms with E-state index in [1.807, 2.05) is 0 Å². The van der Waals surface area contributed by atoms with Crippen LogP contribution in [0, 0.1) is 0 Å². The number of guanidine groups is 1. The number of aromatic nitrogens is 3. The minimum absolute atomic E-state index is 0.439. The molecule has 6 nitrogen and oxygen atoms in total. The zero-order valence-corrected chi connectivity index (χ0v) is 14.9. The predicted octanol–water partition coefficient (Wildman–Crippen LogP) is 2.64. The molecule has 0 bridgehead atoms. The van der Waals surface area contributed by atoms with E-state index in [2.05, 4.69) is 51.2 Å². The first-order valence-electron chi connectivity index (χ1n) is 9.20. The molecular formula is C17H32N6. The van der Waals surface area contributed by atoms with Crippen molar-refractivity contribution in [2.24, 2.45) is 4.99 Å². The topological polar surface area (TPSA) is 67.1 Å². The van der Waals surface area contributed by atoms with Gasteiger partial charge in [0.15, 0.2) is 11.8 Å². The van der Waals surface area contributed by atoms with Gasteiger partial charge in [-0.3, -0.25) is 0 Å². The molecule has 0 saturated carbocycles. The minimum Gasteiger partial charge on any atom is -0.357 e. The molecular weight excluding hydrogens is 288 g/mol. The maximum atomic E-state index is 4.69. The number of aryl methyl sites for hydroxylation is 1. The van der Waals surface area contributed by atoms with Gasteiger partial charge in [0, 0.05) is 25.6 Å².